The molecule has 1 atom stereocenters. The molecule has 3 heteroatoms. The molecule has 0 aromatic heterocycles. The van der Waals surface area contributed by atoms with Crippen LogP contribution in [0, 0.1) is 11.8 Å². The van der Waals surface area contributed by atoms with Crippen molar-refractivity contribution in [3.8, 4) is 0 Å². The molecule has 2 aliphatic rings. The maximum atomic E-state index is 2.73. The van der Waals surface area contributed by atoms with Crippen molar-refractivity contribution < 1.29 is 0 Å². The number of hydrogen-bond acceptors (Lipinski definition) is 3. The summed E-state index contributed by atoms with van der Waals surface area (Å²) in [5, 5.41) is 0. The molecule has 0 aliphatic carbocycles. The third-order valence-electron chi connectivity index (χ3n) is 5.77. The normalized spacial score (nSPS) is 25.3. The molecular formula is C18H37N3. The van der Waals surface area contributed by atoms with Crippen LogP contribution in [0.25, 0.3) is 0 Å². The molecule has 0 radical (unpaired) electrons. The average Bonchev–Trinajstić information content (AvgIpc) is 2.54. The van der Waals surface area contributed by atoms with Gasteiger partial charge < -0.3 is 14.7 Å². The number of piperazine rings is 1. The maximum absolute atomic E-state index is 2.73. The van der Waals surface area contributed by atoms with E-state index in [9.17, 15) is 0 Å². The number of likely N-dealkylation sites (tertiary alicyclic amines) is 1. The first-order chi connectivity index (χ1) is 10.2. The van der Waals surface area contributed by atoms with E-state index in [4.69, 9.17) is 0 Å². The SMILES string of the molecule is CCC(C)CCN1CCN(CC2CCN(CC)CC2)CC1. The van der Waals surface area contributed by atoms with Crippen molar-refractivity contribution in [2.75, 3.05) is 58.9 Å². The molecule has 0 saturated carbocycles. The van der Waals surface area contributed by atoms with E-state index in [-0.39, 0.29) is 0 Å². The first-order valence-corrected chi connectivity index (χ1v) is 9.38. The van der Waals surface area contributed by atoms with E-state index in [1.807, 2.05) is 0 Å². The summed E-state index contributed by atoms with van der Waals surface area (Å²) < 4.78 is 0. The minimum absolute atomic E-state index is 0.895. The fourth-order valence-corrected chi connectivity index (χ4v) is 3.65. The molecule has 2 heterocycles. The van der Waals surface area contributed by atoms with Crippen LogP contribution in [0.4, 0.5) is 0 Å². The molecule has 124 valence electrons. The van der Waals surface area contributed by atoms with Crippen LogP contribution in [0.2, 0.25) is 0 Å². The van der Waals surface area contributed by atoms with E-state index in [1.165, 1.54) is 84.6 Å². The molecule has 0 spiro atoms. The van der Waals surface area contributed by atoms with Gasteiger partial charge in [-0.25, -0.2) is 0 Å². The lowest BCUT2D eigenvalue weighted by Gasteiger charge is -2.39. The van der Waals surface area contributed by atoms with Crippen LogP contribution in [0.15, 0.2) is 0 Å². The van der Waals surface area contributed by atoms with Crippen molar-refractivity contribution in [2.24, 2.45) is 11.8 Å². The quantitative estimate of drug-likeness (QED) is 0.715. The highest BCUT2D eigenvalue weighted by atomic mass is 15.3. The third-order valence-corrected chi connectivity index (χ3v) is 5.77. The van der Waals surface area contributed by atoms with Crippen LogP contribution in [0.5, 0.6) is 0 Å². The first-order valence-electron chi connectivity index (χ1n) is 9.38. The minimum atomic E-state index is 0.895. The largest absolute Gasteiger partial charge is 0.304 e. The number of hydrogen-bond donors (Lipinski definition) is 0. The molecule has 0 N–H and O–H groups in total. The highest BCUT2D eigenvalue weighted by Crippen LogP contribution is 2.19. The van der Waals surface area contributed by atoms with Crippen LogP contribution in [-0.2, 0) is 0 Å². The predicted molar refractivity (Wildman–Crippen MR) is 91.8 cm³/mol. The summed E-state index contributed by atoms with van der Waals surface area (Å²) in [5.41, 5.74) is 0. The standard InChI is InChI=1S/C18H37N3/c1-4-17(3)6-9-20-12-14-21(15-13-20)16-18-7-10-19(5-2)11-8-18/h17-18H,4-16H2,1-3H3. The van der Waals surface area contributed by atoms with Crippen LogP contribution >= 0.6 is 0 Å². The van der Waals surface area contributed by atoms with E-state index >= 15 is 0 Å². The Morgan fingerprint density at radius 1 is 0.857 bits per heavy atom. The summed E-state index contributed by atoms with van der Waals surface area (Å²) >= 11 is 0. The lowest BCUT2D eigenvalue weighted by Crippen LogP contribution is -2.49. The van der Waals surface area contributed by atoms with Crippen molar-refractivity contribution in [1.29, 1.82) is 0 Å². The molecule has 0 aromatic rings. The smallest absolute Gasteiger partial charge is 0.0110 e. The Kier molecular flexibility index (Phi) is 7.48. The molecule has 1 unspecified atom stereocenters. The second-order valence-corrected chi connectivity index (χ2v) is 7.32. The number of rotatable bonds is 7. The van der Waals surface area contributed by atoms with Gasteiger partial charge in [0.2, 0.25) is 0 Å². The molecular weight excluding hydrogens is 258 g/mol. The molecule has 2 fully saturated rings. The second kappa shape index (κ2) is 9.12. The molecule has 21 heavy (non-hydrogen) atoms. The van der Waals surface area contributed by atoms with Crippen LogP contribution in [0.3, 0.4) is 0 Å². The van der Waals surface area contributed by atoms with Gasteiger partial charge in [0, 0.05) is 32.7 Å². The second-order valence-electron chi connectivity index (χ2n) is 7.32. The van der Waals surface area contributed by atoms with E-state index in [2.05, 4.69) is 35.5 Å². The number of nitrogens with zero attached hydrogens (tertiary/aromatic N) is 3. The van der Waals surface area contributed by atoms with E-state index in [0.717, 1.165) is 11.8 Å². The van der Waals surface area contributed by atoms with Gasteiger partial charge in [0.25, 0.3) is 0 Å². The summed E-state index contributed by atoms with van der Waals surface area (Å²) in [6.07, 6.45) is 5.55. The van der Waals surface area contributed by atoms with Gasteiger partial charge in [0.15, 0.2) is 0 Å². The van der Waals surface area contributed by atoms with E-state index < -0.39 is 0 Å². The number of piperidine rings is 1. The molecule has 0 amide bonds. The van der Waals surface area contributed by atoms with Crippen LogP contribution < -0.4 is 0 Å². The van der Waals surface area contributed by atoms with Crippen LogP contribution in [0.1, 0.15) is 46.5 Å². The Morgan fingerprint density at radius 3 is 2.05 bits per heavy atom. The zero-order chi connectivity index (χ0) is 15.1. The highest BCUT2D eigenvalue weighted by molar-refractivity contribution is 4.78. The zero-order valence-corrected chi connectivity index (χ0v) is 14.7. The Bertz CT molecular complexity index is 266. The summed E-state index contributed by atoms with van der Waals surface area (Å²) in [7, 11) is 0. The van der Waals surface area contributed by atoms with Gasteiger partial charge in [0.1, 0.15) is 0 Å². The maximum Gasteiger partial charge on any atom is 0.0110 e. The molecule has 2 rings (SSSR count). The predicted octanol–water partition coefficient (Wildman–Crippen LogP) is 2.77. The van der Waals surface area contributed by atoms with Crippen molar-refractivity contribution >= 4 is 0 Å². The molecule has 0 bridgehead atoms. The lowest BCUT2D eigenvalue weighted by atomic mass is 9.96. The van der Waals surface area contributed by atoms with Gasteiger partial charge in [-0.15, -0.1) is 0 Å². The van der Waals surface area contributed by atoms with Crippen molar-refractivity contribution in [2.45, 2.75) is 46.5 Å². The fraction of sp³-hybridized carbons (Fsp3) is 1.00. The highest BCUT2D eigenvalue weighted by Gasteiger charge is 2.23. The van der Waals surface area contributed by atoms with E-state index in [1.54, 1.807) is 0 Å². The van der Waals surface area contributed by atoms with Gasteiger partial charge in [0.05, 0.1) is 0 Å². The monoisotopic (exact) mass is 295 g/mol. The van der Waals surface area contributed by atoms with Gasteiger partial charge in [-0.3, -0.25) is 0 Å². The van der Waals surface area contributed by atoms with Gasteiger partial charge in [-0.2, -0.15) is 0 Å². The molecule has 2 aliphatic heterocycles. The Labute approximate surface area is 132 Å². The Morgan fingerprint density at radius 2 is 1.48 bits per heavy atom. The molecule has 3 nitrogen and oxygen atoms in total. The summed E-state index contributed by atoms with van der Waals surface area (Å²) in [5.74, 6) is 1.85. The summed E-state index contributed by atoms with van der Waals surface area (Å²) in [4.78, 5) is 8.01. The topological polar surface area (TPSA) is 9.72 Å². The lowest BCUT2D eigenvalue weighted by molar-refractivity contribution is 0.0936. The first kappa shape index (κ1) is 17.2. The zero-order valence-electron chi connectivity index (χ0n) is 14.7. The van der Waals surface area contributed by atoms with Crippen LogP contribution in [-0.4, -0.2) is 73.6 Å². The van der Waals surface area contributed by atoms with E-state index in [0.29, 0.717) is 0 Å². The van der Waals surface area contributed by atoms with Crippen molar-refractivity contribution in [3.05, 3.63) is 0 Å². The van der Waals surface area contributed by atoms with Gasteiger partial charge >= 0.3 is 0 Å². The average molecular weight is 296 g/mol. The Balaban J connectivity index is 1.59. The summed E-state index contributed by atoms with van der Waals surface area (Å²) in [6.45, 7) is 18.8. The molecule has 0 aromatic carbocycles. The summed E-state index contributed by atoms with van der Waals surface area (Å²) in [6, 6.07) is 0. The fourth-order valence-electron chi connectivity index (χ4n) is 3.65. The van der Waals surface area contributed by atoms with Gasteiger partial charge in [-0.1, -0.05) is 27.2 Å². The Hall–Kier alpha value is -0.120. The minimum Gasteiger partial charge on any atom is -0.304 e. The van der Waals surface area contributed by atoms with Crippen molar-refractivity contribution in [1.82, 2.24) is 14.7 Å². The molecule has 2 saturated heterocycles. The third kappa shape index (κ3) is 5.88. The van der Waals surface area contributed by atoms with Crippen molar-refractivity contribution in [3.63, 3.8) is 0 Å². The van der Waals surface area contributed by atoms with Gasteiger partial charge in [-0.05, 0) is 57.3 Å².